The first-order chi connectivity index (χ1) is 3.41. The van der Waals surface area contributed by atoms with Crippen LogP contribution in [0.2, 0.25) is 0 Å². The van der Waals surface area contributed by atoms with E-state index in [-0.39, 0.29) is 0 Å². The van der Waals surface area contributed by atoms with Gasteiger partial charge in [-0.3, -0.25) is 0 Å². The molecule has 0 rings (SSSR count). The molecule has 0 saturated carbocycles. The maximum Gasteiger partial charge on any atom is -0.0172 e. The van der Waals surface area contributed by atoms with Crippen LogP contribution in [0, 0.1) is 0 Å². The van der Waals surface area contributed by atoms with E-state index < -0.39 is 0 Å². The summed E-state index contributed by atoms with van der Waals surface area (Å²) in [5.74, 6) is 0. The lowest BCUT2D eigenvalue weighted by Gasteiger charge is -1.85. The molecule has 0 heterocycles. The standard InChI is InChI=1S/C6H11P/c1-3-5-7-6-4-2/h3-4,7H,1-2,5-6H2. The highest BCUT2D eigenvalue weighted by Gasteiger charge is 1.73. The van der Waals surface area contributed by atoms with Crippen molar-refractivity contribution in [3.8, 4) is 0 Å². The van der Waals surface area contributed by atoms with Gasteiger partial charge in [-0.25, -0.2) is 0 Å². The van der Waals surface area contributed by atoms with Gasteiger partial charge in [-0.15, -0.1) is 21.7 Å². The van der Waals surface area contributed by atoms with E-state index in [1.165, 1.54) is 0 Å². The van der Waals surface area contributed by atoms with E-state index >= 15 is 0 Å². The second-order valence-electron chi connectivity index (χ2n) is 1.24. The van der Waals surface area contributed by atoms with Crippen molar-refractivity contribution >= 4 is 8.58 Å². The van der Waals surface area contributed by atoms with Crippen LogP contribution in [0.15, 0.2) is 25.3 Å². The van der Waals surface area contributed by atoms with Crippen LogP contribution in [0.1, 0.15) is 0 Å². The minimum absolute atomic E-state index is 0.996. The predicted octanol–water partition coefficient (Wildman–Crippen LogP) is 2.04. The Morgan fingerprint density at radius 2 is 1.57 bits per heavy atom. The Morgan fingerprint density at radius 1 is 1.14 bits per heavy atom. The Morgan fingerprint density at radius 3 is 1.86 bits per heavy atom. The minimum Gasteiger partial charge on any atom is -0.114 e. The SMILES string of the molecule is C=CCPCC=C. The zero-order valence-electron chi connectivity index (χ0n) is 4.48. The van der Waals surface area contributed by atoms with Crippen LogP contribution in [0.5, 0.6) is 0 Å². The Bertz CT molecular complexity index is 49.2. The van der Waals surface area contributed by atoms with Gasteiger partial charge in [0.05, 0.1) is 0 Å². The fourth-order valence-corrected chi connectivity index (χ4v) is 0.862. The molecule has 0 aliphatic carbocycles. The van der Waals surface area contributed by atoms with Crippen molar-refractivity contribution in [2.24, 2.45) is 0 Å². The fourth-order valence-electron chi connectivity index (χ4n) is 0.287. The van der Waals surface area contributed by atoms with Crippen LogP contribution < -0.4 is 0 Å². The van der Waals surface area contributed by atoms with E-state index in [0.717, 1.165) is 20.9 Å². The van der Waals surface area contributed by atoms with Crippen LogP contribution in [0.25, 0.3) is 0 Å². The third-order valence-electron chi connectivity index (χ3n) is 0.577. The summed E-state index contributed by atoms with van der Waals surface area (Å²) in [6.07, 6.45) is 6.18. The molecule has 0 radical (unpaired) electrons. The zero-order chi connectivity index (χ0) is 5.54. The molecular formula is C6H11P. The molecule has 0 nitrogen and oxygen atoms in total. The molecule has 0 fully saturated rings. The van der Waals surface area contributed by atoms with Gasteiger partial charge in [-0.05, 0) is 12.3 Å². The molecule has 40 valence electrons. The van der Waals surface area contributed by atoms with Gasteiger partial charge in [-0.2, -0.15) is 0 Å². The number of hydrogen-bond donors (Lipinski definition) is 0. The minimum atomic E-state index is 0.996. The number of allylic oxidation sites excluding steroid dienone is 2. The van der Waals surface area contributed by atoms with Crippen LogP contribution >= 0.6 is 8.58 Å². The second kappa shape index (κ2) is 5.91. The Hall–Kier alpha value is -0.0900. The first kappa shape index (κ1) is 6.91. The van der Waals surface area contributed by atoms with Crippen molar-refractivity contribution in [3.63, 3.8) is 0 Å². The predicted molar refractivity (Wildman–Crippen MR) is 38.4 cm³/mol. The normalized spacial score (nSPS) is 8.00. The number of hydrogen-bond acceptors (Lipinski definition) is 0. The molecule has 0 saturated heterocycles. The average molecular weight is 114 g/mol. The first-order valence-corrected chi connectivity index (χ1v) is 3.75. The quantitative estimate of drug-likeness (QED) is 0.298. The third kappa shape index (κ3) is 5.91. The lowest BCUT2D eigenvalue weighted by Crippen LogP contribution is -1.65. The number of rotatable bonds is 4. The van der Waals surface area contributed by atoms with Crippen LogP contribution in [0.4, 0.5) is 0 Å². The molecule has 0 amide bonds. The summed E-state index contributed by atoms with van der Waals surface area (Å²) in [7, 11) is 0.996. The smallest absolute Gasteiger partial charge is 0.0172 e. The molecule has 0 unspecified atom stereocenters. The van der Waals surface area contributed by atoms with Crippen LogP contribution in [0.3, 0.4) is 0 Å². The van der Waals surface area contributed by atoms with Gasteiger partial charge in [0.25, 0.3) is 0 Å². The molecule has 0 aromatic carbocycles. The summed E-state index contributed by atoms with van der Waals surface area (Å²) in [6.45, 7) is 7.21. The Kier molecular flexibility index (Phi) is 5.83. The van der Waals surface area contributed by atoms with E-state index in [0.29, 0.717) is 0 Å². The van der Waals surface area contributed by atoms with Gasteiger partial charge in [0.15, 0.2) is 0 Å². The van der Waals surface area contributed by atoms with Crippen molar-refractivity contribution in [1.82, 2.24) is 0 Å². The zero-order valence-corrected chi connectivity index (χ0v) is 5.48. The van der Waals surface area contributed by atoms with E-state index in [1.807, 2.05) is 12.2 Å². The van der Waals surface area contributed by atoms with Gasteiger partial charge >= 0.3 is 0 Å². The average Bonchev–Trinajstić information content (AvgIpc) is 1.69. The molecule has 0 atom stereocenters. The summed E-state index contributed by atoms with van der Waals surface area (Å²) >= 11 is 0. The molecule has 0 aromatic rings. The van der Waals surface area contributed by atoms with Crippen molar-refractivity contribution in [3.05, 3.63) is 25.3 Å². The van der Waals surface area contributed by atoms with Crippen molar-refractivity contribution in [2.45, 2.75) is 0 Å². The summed E-state index contributed by atoms with van der Waals surface area (Å²) < 4.78 is 0. The lowest BCUT2D eigenvalue weighted by molar-refractivity contribution is 1.71. The molecule has 0 bridgehead atoms. The van der Waals surface area contributed by atoms with E-state index in [2.05, 4.69) is 13.2 Å². The maximum atomic E-state index is 3.61. The maximum absolute atomic E-state index is 3.61. The van der Waals surface area contributed by atoms with Gasteiger partial charge in [0.1, 0.15) is 0 Å². The Labute approximate surface area is 47.1 Å². The fraction of sp³-hybridized carbons (Fsp3) is 0.333. The first-order valence-electron chi connectivity index (χ1n) is 2.34. The highest BCUT2D eigenvalue weighted by molar-refractivity contribution is 7.38. The third-order valence-corrected chi connectivity index (χ3v) is 1.73. The monoisotopic (exact) mass is 114 g/mol. The van der Waals surface area contributed by atoms with Crippen molar-refractivity contribution in [1.29, 1.82) is 0 Å². The lowest BCUT2D eigenvalue weighted by atomic mass is 10.8. The van der Waals surface area contributed by atoms with Crippen molar-refractivity contribution in [2.75, 3.05) is 12.3 Å². The van der Waals surface area contributed by atoms with Gasteiger partial charge in [0, 0.05) is 0 Å². The molecule has 0 aliphatic heterocycles. The topological polar surface area (TPSA) is 0 Å². The molecular weight excluding hydrogens is 103 g/mol. The highest BCUT2D eigenvalue weighted by Crippen LogP contribution is 2.07. The second-order valence-corrected chi connectivity index (χ2v) is 2.55. The van der Waals surface area contributed by atoms with Gasteiger partial charge in [-0.1, -0.05) is 12.2 Å². The highest BCUT2D eigenvalue weighted by atomic mass is 31.1. The van der Waals surface area contributed by atoms with E-state index in [1.54, 1.807) is 0 Å². The van der Waals surface area contributed by atoms with Crippen LogP contribution in [-0.4, -0.2) is 12.3 Å². The van der Waals surface area contributed by atoms with Crippen molar-refractivity contribution < 1.29 is 0 Å². The van der Waals surface area contributed by atoms with E-state index in [9.17, 15) is 0 Å². The molecule has 0 spiro atoms. The summed E-state index contributed by atoms with van der Waals surface area (Å²) in [4.78, 5) is 0. The van der Waals surface area contributed by atoms with Crippen LogP contribution in [-0.2, 0) is 0 Å². The molecule has 0 aromatic heterocycles. The van der Waals surface area contributed by atoms with Gasteiger partial charge in [0.2, 0.25) is 0 Å². The summed E-state index contributed by atoms with van der Waals surface area (Å²) in [5, 5.41) is 0. The van der Waals surface area contributed by atoms with Gasteiger partial charge < -0.3 is 0 Å². The molecule has 1 heteroatoms. The largest absolute Gasteiger partial charge is 0.114 e. The molecule has 7 heavy (non-hydrogen) atoms. The molecule has 0 aliphatic rings. The van der Waals surface area contributed by atoms with E-state index in [4.69, 9.17) is 0 Å². The Balaban J connectivity index is 2.68. The summed E-state index contributed by atoms with van der Waals surface area (Å²) in [6, 6.07) is 0. The summed E-state index contributed by atoms with van der Waals surface area (Å²) in [5.41, 5.74) is 0. The molecule has 0 N–H and O–H groups in total.